The van der Waals surface area contributed by atoms with Gasteiger partial charge in [0.05, 0.1) is 0 Å². The van der Waals surface area contributed by atoms with Crippen LogP contribution in [0.5, 0.6) is 0 Å². The largest absolute Gasteiger partial charge is 0.328 e. The number of rotatable bonds is 0. The molecule has 0 aliphatic heterocycles. The van der Waals surface area contributed by atoms with Gasteiger partial charge in [-0.2, -0.15) is 0 Å². The maximum absolute atomic E-state index is 6.01. The highest BCUT2D eigenvalue weighted by Crippen LogP contribution is 2.39. The summed E-state index contributed by atoms with van der Waals surface area (Å²) >= 11 is 0. The minimum absolute atomic E-state index is 0.451. The highest BCUT2D eigenvalue weighted by molar-refractivity contribution is 4.85. The van der Waals surface area contributed by atoms with Crippen molar-refractivity contribution in [2.45, 2.75) is 53.0 Å². The third-order valence-electron chi connectivity index (χ3n) is 3.20. The van der Waals surface area contributed by atoms with E-state index in [2.05, 4.69) is 27.7 Å². The first kappa shape index (κ1) is 10.0. The lowest BCUT2D eigenvalue weighted by atomic mass is 9.68. The summed E-state index contributed by atoms with van der Waals surface area (Å²) < 4.78 is 0. The van der Waals surface area contributed by atoms with Crippen LogP contribution in [0.2, 0.25) is 0 Å². The topological polar surface area (TPSA) is 26.0 Å². The van der Waals surface area contributed by atoms with Crippen LogP contribution in [0.25, 0.3) is 0 Å². The zero-order chi connectivity index (χ0) is 9.35. The van der Waals surface area contributed by atoms with E-state index in [0.29, 0.717) is 11.5 Å². The van der Waals surface area contributed by atoms with Crippen LogP contribution in [0.4, 0.5) is 0 Å². The van der Waals surface area contributed by atoms with Crippen molar-refractivity contribution in [1.29, 1.82) is 0 Å². The second-order valence-corrected chi connectivity index (χ2v) is 5.64. The van der Waals surface area contributed by atoms with E-state index in [1.165, 1.54) is 19.3 Å². The second kappa shape index (κ2) is 3.37. The normalized spacial score (nSPS) is 38.2. The summed E-state index contributed by atoms with van der Waals surface area (Å²) in [6, 6.07) is 0.456. The lowest BCUT2D eigenvalue weighted by Gasteiger charge is -2.39. The molecule has 1 heteroatoms. The third-order valence-corrected chi connectivity index (χ3v) is 3.20. The summed E-state index contributed by atoms with van der Waals surface area (Å²) in [4.78, 5) is 0. The molecule has 1 unspecified atom stereocenters. The fourth-order valence-corrected chi connectivity index (χ4v) is 2.36. The van der Waals surface area contributed by atoms with Gasteiger partial charge in [-0.3, -0.25) is 0 Å². The average Bonchev–Trinajstić information content (AvgIpc) is 1.82. The highest BCUT2D eigenvalue weighted by Gasteiger charge is 2.31. The fourth-order valence-electron chi connectivity index (χ4n) is 2.36. The van der Waals surface area contributed by atoms with Gasteiger partial charge in [-0.25, -0.2) is 0 Å². The Bertz CT molecular complexity index is 136. The summed E-state index contributed by atoms with van der Waals surface area (Å²) in [6.45, 7) is 9.34. The molecule has 0 amide bonds. The average molecular weight is 169 g/mol. The Labute approximate surface area is 76.7 Å². The minimum Gasteiger partial charge on any atom is -0.328 e. The standard InChI is InChI=1S/C11H23N/c1-8-5-9(11(2,3)4)7-10(12)6-8/h8-10H,5-7,12H2,1-4H3/t8-,9?,10-/m0/s1. The Morgan fingerprint density at radius 2 is 1.67 bits per heavy atom. The molecule has 0 aromatic carbocycles. The summed E-state index contributed by atoms with van der Waals surface area (Å²) in [5, 5.41) is 0. The van der Waals surface area contributed by atoms with E-state index in [1.54, 1.807) is 0 Å². The maximum Gasteiger partial charge on any atom is 0.00442 e. The molecule has 1 fully saturated rings. The summed E-state index contributed by atoms with van der Waals surface area (Å²) in [7, 11) is 0. The van der Waals surface area contributed by atoms with Crippen molar-refractivity contribution >= 4 is 0 Å². The van der Waals surface area contributed by atoms with E-state index in [4.69, 9.17) is 5.73 Å². The van der Waals surface area contributed by atoms with E-state index in [0.717, 1.165) is 11.8 Å². The molecule has 0 spiro atoms. The van der Waals surface area contributed by atoms with Crippen LogP contribution >= 0.6 is 0 Å². The van der Waals surface area contributed by atoms with Crippen LogP contribution in [-0.4, -0.2) is 6.04 Å². The fraction of sp³-hybridized carbons (Fsp3) is 1.00. The van der Waals surface area contributed by atoms with Gasteiger partial charge in [0, 0.05) is 6.04 Å². The summed E-state index contributed by atoms with van der Waals surface area (Å²) in [5.41, 5.74) is 6.46. The Morgan fingerprint density at radius 1 is 1.08 bits per heavy atom. The molecule has 0 heterocycles. The van der Waals surface area contributed by atoms with Gasteiger partial charge in [0.15, 0.2) is 0 Å². The maximum atomic E-state index is 6.01. The number of hydrogen-bond donors (Lipinski definition) is 1. The van der Waals surface area contributed by atoms with Gasteiger partial charge >= 0.3 is 0 Å². The molecular weight excluding hydrogens is 146 g/mol. The smallest absolute Gasteiger partial charge is 0.00442 e. The molecule has 3 atom stereocenters. The van der Waals surface area contributed by atoms with Crippen molar-refractivity contribution in [3.63, 3.8) is 0 Å². The molecule has 1 aliphatic rings. The number of hydrogen-bond acceptors (Lipinski definition) is 1. The summed E-state index contributed by atoms with van der Waals surface area (Å²) in [6.07, 6.45) is 3.83. The van der Waals surface area contributed by atoms with Crippen molar-refractivity contribution in [3.05, 3.63) is 0 Å². The second-order valence-electron chi connectivity index (χ2n) is 5.64. The van der Waals surface area contributed by atoms with Gasteiger partial charge in [0.2, 0.25) is 0 Å². The van der Waals surface area contributed by atoms with Crippen molar-refractivity contribution in [2.24, 2.45) is 23.0 Å². The lowest BCUT2D eigenvalue weighted by Crippen LogP contribution is -2.37. The molecule has 0 saturated heterocycles. The molecule has 12 heavy (non-hydrogen) atoms. The molecule has 1 rings (SSSR count). The quantitative estimate of drug-likeness (QED) is 0.593. The molecule has 2 N–H and O–H groups in total. The van der Waals surface area contributed by atoms with Gasteiger partial charge in [-0.1, -0.05) is 27.7 Å². The summed E-state index contributed by atoms with van der Waals surface area (Å²) in [5.74, 6) is 1.66. The van der Waals surface area contributed by atoms with Crippen molar-refractivity contribution < 1.29 is 0 Å². The Balaban J connectivity index is 2.55. The predicted octanol–water partition coefficient (Wildman–Crippen LogP) is 2.80. The van der Waals surface area contributed by atoms with Crippen LogP contribution in [0, 0.1) is 17.3 Å². The molecule has 0 bridgehead atoms. The van der Waals surface area contributed by atoms with Crippen molar-refractivity contribution in [1.82, 2.24) is 0 Å². The molecule has 1 saturated carbocycles. The van der Waals surface area contributed by atoms with Crippen molar-refractivity contribution in [2.75, 3.05) is 0 Å². The van der Waals surface area contributed by atoms with Crippen LogP contribution in [0.15, 0.2) is 0 Å². The van der Waals surface area contributed by atoms with Gasteiger partial charge in [-0.15, -0.1) is 0 Å². The van der Waals surface area contributed by atoms with Gasteiger partial charge in [-0.05, 0) is 36.5 Å². The van der Waals surface area contributed by atoms with E-state index in [1.807, 2.05) is 0 Å². The van der Waals surface area contributed by atoms with E-state index in [-0.39, 0.29) is 0 Å². The molecule has 1 nitrogen and oxygen atoms in total. The molecule has 0 aromatic heterocycles. The molecule has 0 aromatic rings. The molecule has 0 radical (unpaired) electrons. The molecule has 1 aliphatic carbocycles. The predicted molar refractivity (Wildman–Crippen MR) is 53.9 cm³/mol. The van der Waals surface area contributed by atoms with Crippen molar-refractivity contribution in [3.8, 4) is 0 Å². The van der Waals surface area contributed by atoms with E-state index >= 15 is 0 Å². The Kier molecular flexibility index (Phi) is 2.82. The van der Waals surface area contributed by atoms with Gasteiger partial charge < -0.3 is 5.73 Å². The third kappa shape index (κ3) is 2.48. The van der Waals surface area contributed by atoms with Crippen LogP contribution < -0.4 is 5.73 Å². The monoisotopic (exact) mass is 169 g/mol. The van der Waals surface area contributed by atoms with Gasteiger partial charge in [0.25, 0.3) is 0 Å². The zero-order valence-electron chi connectivity index (χ0n) is 8.93. The van der Waals surface area contributed by atoms with Crippen LogP contribution in [0.3, 0.4) is 0 Å². The van der Waals surface area contributed by atoms with Gasteiger partial charge in [0.1, 0.15) is 0 Å². The first-order valence-corrected chi connectivity index (χ1v) is 5.15. The Morgan fingerprint density at radius 3 is 2.08 bits per heavy atom. The zero-order valence-corrected chi connectivity index (χ0v) is 8.93. The van der Waals surface area contributed by atoms with E-state index < -0.39 is 0 Å². The lowest BCUT2D eigenvalue weighted by molar-refractivity contribution is 0.134. The highest BCUT2D eigenvalue weighted by atomic mass is 14.6. The first-order chi connectivity index (χ1) is 5.39. The number of nitrogens with two attached hydrogens (primary N) is 1. The molecular formula is C11H23N. The van der Waals surface area contributed by atoms with Crippen LogP contribution in [0.1, 0.15) is 47.0 Å². The first-order valence-electron chi connectivity index (χ1n) is 5.15. The Hall–Kier alpha value is -0.0400. The SMILES string of the molecule is C[C@H]1CC(C(C)(C)C)C[C@@H](N)C1. The van der Waals surface area contributed by atoms with Crippen LogP contribution in [-0.2, 0) is 0 Å². The minimum atomic E-state index is 0.451. The molecule has 72 valence electrons. The van der Waals surface area contributed by atoms with E-state index in [9.17, 15) is 0 Å².